The Morgan fingerprint density at radius 3 is 2.25 bits per heavy atom. The highest BCUT2D eigenvalue weighted by molar-refractivity contribution is 7.90. The van der Waals surface area contributed by atoms with Gasteiger partial charge in [0.05, 0.1) is 5.75 Å². The van der Waals surface area contributed by atoms with E-state index in [0.717, 1.165) is 6.42 Å². The van der Waals surface area contributed by atoms with E-state index in [9.17, 15) is 8.42 Å². The summed E-state index contributed by atoms with van der Waals surface area (Å²) in [6.45, 7) is 4.01. The summed E-state index contributed by atoms with van der Waals surface area (Å²) in [7, 11) is -2.82. The number of hydrogen-bond donors (Lipinski definition) is 1. The SMILES string of the molecule is CCC(N)C(C)CCS(C)(=O)=O. The zero-order chi connectivity index (χ0) is 9.78. The van der Waals surface area contributed by atoms with E-state index in [1.54, 1.807) is 0 Å². The summed E-state index contributed by atoms with van der Waals surface area (Å²) in [5.41, 5.74) is 5.75. The van der Waals surface area contributed by atoms with Gasteiger partial charge < -0.3 is 5.73 Å². The Bertz CT molecular complexity index is 211. The zero-order valence-corrected chi connectivity index (χ0v) is 8.89. The lowest BCUT2D eigenvalue weighted by molar-refractivity contribution is 0.432. The van der Waals surface area contributed by atoms with Crippen molar-refractivity contribution < 1.29 is 8.42 Å². The predicted molar refractivity (Wildman–Crippen MR) is 51.8 cm³/mol. The second kappa shape index (κ2) is 4.82. The van der Waals surface area contributed by atoms with Gasteiger partial charge in [0.25, 0.3) is 0 Å². The van der Waals surface area contributed by atoms with Crippen molar-refractivity contribution in [3.8, 4) is 0 Å². The lowest BCUT2D eigenvalue weighted by Gasteiger charge is -2.17. The highest BCUT2D eigenvalue weighted by atomic mass is 32.2. The fraction of sp³-hybridized carbons (Fsp3) is 1.00. The Labute approximate surface area is 75.3 Å². The second-order valence-electron chi connectivity index (χ2n) is 3.47. The molecule has 2 unspecified atom stereocenters. The average molecular weight is 193 g/mol. The van der Waals surface area contributed by atoms with Gasteiger partial charge in [-0.15, -0.1) is 0 Å². The van der Waals surface area contributed by atoms with E-state index < -0.39 is 9.84 Å². The molecule has 3 nitrogen and oxygen atoms in total. The normalized spacial score (nSPS) is 17.3. The fourth-order valence-electron chi connectivity index (χ4n) is 1.02. The van der Waals surface area contributed by atoms with Gasteiger partial charge in [-0.3, -0.25) is 0 Å². The van der Waals surface area contributed by atoms with Crippen LogP contribution in [0.2, 0.25) is 0 Å². The first kappa shape index (κ1) is 11.9. The number of sulfone groups is 1. The maximum atomic E-state index is 10.8. The molecule has 0 aliphatic heterocycles. The van der Waals surface area contributed by atoms with Crippen LogP contribution < -0.4 is 5.73 Å². The monoisotopic (exact) mass is 193 g/mol. The molecule has 2 N–H and O–H groups in total. The third-order valence-electron chi connectivity index (χ3n) is 2.15. The van der Waals surface area contributed by atoms with E-state index >= 15 is 0 Å². The summed E-state index contributed by atoms with van der Waals surface area (Å²) < 4.78 is 21.6. The molecule has 0 fully saturated rings. The maximum Gasteiger partial charge on any atom is 0.147 e. The summed E-state index contributed by atoms with van der Waals surface area (Å²) >= 11 is 0. The van der Waals surface area contributed by atoms with Gasteiger partial charge in [0.15, 0.2) is 0 Å². The summed E-state index contributed by atoms with van der Waals surface area (Å²) in [5.74, 6) is 0.548. The Kier molecular flexibility index (Phi) is 4.78. The Morgan fingerprint density at radius 2 is 1.92 bits per heavy atom. The van der Waals surface area contributed by atoms with Gasteiger partial charge in [-0.05, 0) is 18.8 Å². The molecule has 0 aliphatic carbocycles. The molecule has 0 spiro atoms. The van der Waals surface area contributed by atoms with Crippen LogP contribution >= 0.6 is 0 Å². The molecule has 0 heterocycles. The van der Waals surface area contributed by atoms with Crippen LogP contribution in [-0.2, 0) is 9.84 Å². The van der Waals surface area contributed by atoms with Crippen LogP contribution in [0, 0.1) is 5.92 Å². The van der Waals surface area contributed by atoms with Gasteiger partial charge in [0.1, 0.15) is 9.84 Å². The minimum absolute atomic E-state index is 0.131. The molecule has 4 heteroatoms. The Morgan fingerprint density at radius 1 is 1.42 bits per heavy atom. The van der Waals surface area contributed by atoms with E-state index in [4.69, 9.17) is 5.73 Å². The molecule has 0 aromatic rings. The quantitative estimate of drug-likeness (QED) is 0.702. The average Bonchev–Trinajstić information content (AvgIpc) is 1.97. The molecule has 0 rings (SSSR count). The van der Waals surface area contributed by atoms with Crippen molar-refractivity contribution in [2.24, 2.45) is 11.7 Å². The zero-order valence-electron chi connectivity index (χ0n) is 8.08. The van der Waals surface area contributed by atoms with Crippen LogP contribution in [0.5, 0.6) is 0 Å². The number of rotatable bonds is 5. The van der Waals surface area contributed by atoms with Crippen molar-refractivity contribution in [2.75, 3.05) is 12.0 Å². The first-order valence-electron chi connectivity index (χ1n) is 4.30. The highest BCUT2D eigenvalue weighted by Gasteiger charge is 2.12. The minimum atomic E-state index is -2.82. The van der Waals surface area contributed by atoms with Crippen molar-refractivity contribution in [3.63, 3.8) is 0 Å². The van der Waals surface area contributed by atoms with Gasteiger partial charge in [-0.25, -0.2) is 8.42 Å². The first-order chi connectivity index (χ1) is 5.37. The van der Waals surface area contributed by atoms with Crippen LogP contribution in [-0.4, -0.2) is 26.5 Å². The van der Waals surface area contributed by atoms with Crippen molar-refractivity contribution >= 4 is 9.84 Å². The topological polar surface area (TPSA) is 60.2 Å². The molecule has 0 bridgehead atoms. The lowest BCUT2D eigenvalue weighted by Crippen LogP contribution is -2.28. The Balaban J connectivity index is 3.79. The number of nitrogens with two attached hydrogens (primary N) is 1. The van der Waals surface area contributed by atoms with Crippen molar-refractivity contribution in [1.82, 2.24) is 0 Å². The molecule has 0 amide bonds. The third kappa shape index (κ3) is 5.55. The van der Waals surface area contributed by atoms with Gasteiger partial charge in [-0.2, -0.15) is 0 Å². The number of hydrogen-bond acceptors (Lipinski definition) is 3. The standard InChI is InChI=1S/C8H19NO2S/c1-4-8(9)7(2)5-6-12(3,10)11/h7-8H,4-6,9H2,1-3H3. The molecule has 2 atom stereocenters. The van der Waals surface area contributed by atoms with Crippen LogP contribution in [0.1, 0.15) is 26.7 Å². The van der Waals surface area contributed by atoms with Crippen LogP contribution in [0.4, 0.5) is 0 Å². The Hall–Kier alpha value is -0.0900. The molecule has 74 valence electrons. The summed E-state index contributed by atoms with van der Waals surface area (Å²) in [5, 5.41) is 0. The molecule has 12 heavy (non-hydrogen) atoms. The molecule has 0 saturated carbocycles. The largest absolute Gasteiger partial charge is 0.327 e. The van der Waals surface area contributed by atoms with Gasteiger partial charge in [0, 0.05) is 12.3 Å². The van der Waals surface area contributed by atoms with E-state index in [0.29, 0.717) is 12.3 Å². The van der Waals surface area contributed by atoms with Crippen molar-refractivity contribution in [1.29, 1.82) is 0 Å². The first-order valence-corrected chi connectivity index (χ1v) is 6.36. The van der Waals surface area contributed by atoms with Crippen molar-refractivity contribution in [2.45, 2.75) is 32.7 Å². The van der Waals surface area contributed by atoms with Crippen LogP contribution in [0.25, 0.3) is 0 Å². The summed E-state index contributed by atoms with van der Waals surface area (Å²) in [6, 6.07) is 0.131. The van der Waals surface area contributed by atoms with Gasteiger partial charge >= 0.3 is 0 Å². The molecular weight excluding hydrogens is 174 g/mol. The van der Waals surface area contributed by atoms with Crippen molar-refractivity contribution in [3.05, 3.63) is 0 Å². The fourth-order valence-corrected chi connectivity index (χ4v) is 1.82. The van der Waals surface area contributed by atoms with E-state index in [1.807, 2.05) is 13.8 Å². The van der Waals surface area contributed by atoms with E-state index in [1.165, 1.54) is 6.26 Å². The molecular formula is C8H19NO2S. The molecule has 0 radical (unpaired) electrons. The van der Waals surface area contributed by atoms with Gasteiger partial charge in [0.2, 0.25) is 0 Å². The molecule has 0 aliphatic rings. The summed E-state index contributed by atoms with van der Waals surface area (Å²) in [6.07, 6.45) is 2.84. The molecule has 0 aromatic carbocycles. The van der Waals surface area contributed by atoms with Gasteiger partial charge in [-0.1, -0.05) is 13.8 Å². The third-order valence-corrected chi connectivity index (χ3v) is 3.12. The minimum Gasteiger partial charge on any atom is -0.327 e. The van der Waals surface area contributed by atoms with E-state index in [2.05, 4.69) is 0 Å². The van der Waals surface area contributed by atoms with E-state index in [-0.39, 0.29) is 11.8 Å². The summed E-state index contributed by atoms with van der Waals surface area (Å²) in [4.78, 5) is 0. The highest BCUT2D eigenvalue weighted by Crippen LogP contribution is 2.09. The second-order valence-corrected chi connectivity index (χ2v) is 5.73. The molecule has 0 saturated heterocycles. The lowest BCUT2D eigenvalue weighted by atomic mass is 9.98. The maximum absolute atomic E-state index is 10.8. The predicted octanol–water partition coefficient (Wildman–Crippen LogP) is 0.794. The smallest absolute Gasteiger partial charge is 0.147 e. The van der Waals surface area contributed by atoms with Crippen LogP contribution in [0.15, 0.2) is 0 Å². The molecule has 0 aromatic heterocycles. The van der Waals surface area contributed by atoms with Crippen LogP contribution in [0.3, 0.4) is 0 Å².